The normalized spacial score (nSPS) is 13.6. The summed E-state index contributed by atoms with van der Waals surface area (Å²) < 4.78 is 55.8. The number of benzene rings is 3. The van der Waals surface area contributed by atoms with Gasteiger partial charge in [0.05, 0.1) is 17.0 Å². The van der Waals surface area contributed by atoms with Gasteiger partial charge in [-0.25, -0.2) is 21.9 Å². The van der Waals surface area contributed by atoms with Gasteiger partial charge in [0.25, 0.3) is 0 Å². The van der Waals surface area contributed by atoms with Gasteiger partial charge in [-0.15, -0.1) is 0 Å². The molecule has 0 fully saturated rings. The van der Waals surface area contributed by atoms with Crippen LogP contribution in [-0.2, 0) is 29.4 Å². The Kier molecular flexibility index (Phi) is 9.16. The lowest BCUT2D eigenvalue weighted by molar-refractivity contribution is 0.134. The summed E-state index contributed by atoms with van der Waals surface area (Å²) in [5.74, 6) is -1.57. The van der Waals surface area contributed by atoms with Crippen molar-refractivity contribution in [3.05, 3.63) is 100 Å². The molecule has 3 aromatic rings. The standard InChI is InChI=1S/C25H27ClF2N2O3S/c1-2-17-5-3-6-18(9-17)15-29-16-25(31)24(12-19-10-21(27)14-22(28)11-19)30-34(32,33)23-8-4-7-20(26)13-23/h3-11,13-14,24-25,29-31H,2,12,15-16H2,1H3/t24-,25+/m0/s1. The second kappa shape index (κ2) is 11.9. The Bertz CT molecular complexity index is 1200. The maximum atomic E-state index is 13.7. The molecule has 182 valence electrons. The highest BCUT2D eigenvalue weighted by atomic mass is 35.5. The Balaban J connectivity index is 1.77. The topological polar surface area (TPSA) is 78.4 Å². The summed E-state index contributed by atoms with van der Waals surface area (Å²) in [6.45, 7) is 2.58. The average Bonchev–Trinajstić information content (AvgIpc) is 2.78. The molecule has 0 aliphatic carbocycles. The molecule has 0 saturated heterocycles. The molecule has 3 rings (SSSR count). The van der Waals surface area contributed by atoms with Crippen LogP contribution in [0.2, 0.25) is 5.02 Å². The van der Waals surface area contributed by atoms with Gasteiger partial charge >= 0.3 is 0 Å². The highest BCUT2D eigenvalue weighted by Crippen LogP contribution is 2.18. The van der Waals surface area contributed by atoms with Crippen molar-refractivity contribution in [2.45, 2.75) is 43.4 Å². The Hall–Kier alpha value is -2.36. The molecule has 2 atom stereocenters. The number of hydrogen-bond acceptors (Lipinski definition) is 4. The second-order valence-corrected chi connectivity index (χ2v) is 10.2. The number of rotatable bonds is 11. The van der Waals surface area contributed by atoms with E-state index in [1.165, 1.54) is 23.8 Å². The van der Waals surface area contributed by atoms with Crippen LogP contribution in [-0.4, -0.2) is 32.2 Å². The number of aliphatic hydroxyl groups excluding tert-OH is 1. The van der Waals surface area contributed by atoms with Crippen LogP contribution in [0.4, 0.5) is 8.78 Å². The summed E-state index contributed by atoms with van der Waals surface area (Å²) in [6, 6.07) is 15.6. The van der Waals surface area contributed by atoms with E-state index in [0.717, 1.165) is 30.2 Å². The van der Waals surface area contributed by atoms with Gasteiger partial charge in [0.1, 0.15) is 11.6 Å². The molecule has 5 nitrogen and oxygen atoms in total. The third-order valence-corrected chi connectivity index (χ3v) is 7.06. The van der Waals surface area contributed by atoms with Crippen molar-refractivity contribution in [2.24, 2.45) is 0 Å². The first-order valence-corrected chi connectivity index (χ1v) is 12.7. The predicted molar refractivity (Wildman–Crippen MR) is 129 cm³/mol. The number of sulfonamides is 1. The lowest BCUT2D eigenvalue weighted by Gasteiger charge is -2.25. The van der Waals surface area contributed by atoms with Crippen molar-refractivity contribution in [2.75, 3.05) is 6.54 Å². The van der Waals surface area contributed by atoms with Crippen molar-refractivity contribution in [3.63, 3.8) is 0 Å². The van der Waals surface area contributed by atoms with E-state index < -0.39 is 33.8 Å². The molecule has 0 radical (unpaired) electrons. The third-order valence-electron chi connectivity index (χ3n) is 5.34. The summed E-state index contributed by atoms with van der Waals surface area (Å²) in [7, 11) is -4.06. The van der Waals surface area contributed by atoms with Gasteiger partial charge in [0.15, 0.2) is 0 Å². The number of nitrogens with one attached hydrogen (secondary N) is 2. The molecule has 0 heterocycles. The van der Waals surface area contributed by atoms with Crippen molar-refractivity contribution in [3.8, 4) is 0 Å². The molecule has 9 heteroatoms. The van der Waals surface area contributed by atoms with Crippen LogP contribution in [0.1, 0.15) is 23.6 Å². The predicted octanol–water partition coefficient (Wildman–Crippen LogP) is 4.22. The molecule has 0 spiro atoms. The van der Waals surface area contributed by atoms with Crippen molar-refractivity contribution in [1.82, 2.24) is 10.0 Å². The van der Waals surface area contributed by atoms with E-state index in [0.29, 0.717) is 6.54 Å². The van der Waals surface area contributed by atoms with Gasteiger partial charge in [0.2, 0.25) is 10.0 Å². The fraction of sp³-hybridized carbons (Fsp3) is 0.280. The van der Waals surface area contributed by atoms with Crippen LogP contribution in [0, 0.1) is 11.6 Å². The van der Waals surface area contributed by atoms with E-state index in [2.05, 4.69) is 17.0 Å². The molecule has 34 heavy (non-hydrogen) atoms. The summed E-state index contributed by atoms with van der Waals surface area (Å²) in [4.78, 5) is -0.0769. The summed E-state index contributed by atoms with van der Waals surface area (Å²) in [5.41, 5.74) is 2.42. The molecular formula is C25H27ClF2N2O3S. The lowest BCUT2D eigenvalue weighted by atomic mass is 10.0. The monoisotopic (exact) mass is 508 g/mol. The molecule has 0 amide bonds. The zero-order valence-electron chi connectivity index (χ0n) is 18.6. The average molecular weight is 509 g/mol. The van der Waals surface area contributed by atoms with Gasteiger partial charge in [-0.05, 0) is 59.9 Å². The van der Waals surface area contributed by atoms with Crippen molar-refractivity contribution >= 4 is 21.6 Å². The molecule has 0 aliphatic rings. The highest BCUT2D eigenvalue weighted by molar-refractivity contribution is 7.89. The van der Waals surface area contributed by atoms with Crippen molar-refractivity contribution in [1.29, 1.82) is 0 Å². The molecular weight excluding hydrogens is 482 g/mol. The lowest BCUT2D eigenvalue weighted by Crippen LogP contribution is -2.48. The van der Waals surface area contributed by atoms with Gasteiger partial charge in [0, 0.05) is 24.2 Å². The van der Waals surface area contributed by atoms with Crippen LogP contribution in [0.5, 0.6) is 0 Å². The largest absolute Gasteiger partial charge is 0.390 e. The maximum Gasteiger partial charge on any atom is 0.240 e. The van der Waals surface area contributed by atoms with Gasteiger partial charge < -0.3 is 10.4 Å². The number of aryl methyl sites for hydroxylation is 1. The van der Waals surface area contributed by atoms with Crippen molar-refractivity contribution < 1.29 is 22.3 Å². The van der Waals surface area contributed by atoms with Crippen LogP contribution < -0.4 is 10.0 Å². The minimum absolute atomic E-state index is 0.0525. The molecule has 0 unspecified atom stereocenters. The molecule has 0 saturated carbocycles. The maximum absolute atomic E-state index is 13.7. The van der Waals surface area contributed by atoms with Crippen LogP contribution >= 0.6 is 11.6 Å². The number of halogens is 3. The highest BCUT2D eigenvalue weighted by Gasteiger charge is 2.27. The number of aliphatic hydroxyl groups is 1. The van der Waals surface area contributed by atoms with Gasteiger partial charge in [-0.2, -0.15) is 0 Å². The minimum Gasteiger partial charge on any atom is -0.390 e. The van der Waals surface area contributed by atoms with Crippen LogP contribution in [0.15, 0.2) is 71.6 Å². The first-order chi connectivity index (χ1) is 16.2. The summed E-state index contributed by atoms with van der Waals surface area (Å²) in [5, 5.41) is 14.2. The molecule has 0 aliphatic heterocycles. The van der Waals surface area contributed by atoms with E-state index in [1.807, 2.05) is 24.3 Å². The van der Waals surface area contributed by atoms with Crippen LogP contribution in [0.3, 0.4) is 0 Å². The first kappa shape index (κ1) is 26.2. The van der Waals surface area contributed by atoms with E-state index in [1.54, 1.807) is 6.07 Å². The van der Waals surface area contributed by atoms with E-state index in [9.17, 15) is 22.3 Å². The first-order valence-electron chi connectivity index (χ1n) is 10.9. The smallest absolute Gasteiger partial charge is 0.240 e. The number of hydrogen-bond donors (Lipinski definition) is 3. The van der Waals surface area contributed by atoms with Crippen LogP contribution in [0.25, 0.3) is 0 Å². The SMILES string of the molecule is CCc1cccc(CNC[C@@H](O)[C@H](Cc2cc(F)cc(F)c2)NS(=O)(=O)c2cccc(Cl)c2)c1. The Morgan fingerprint density at radius 3 is 2.29 bits per heavy atom. The molecule has 3 N–H and O–H groups in total. The molecule has 3 aromatic carbocycles. The molecule has 0 aromatic heterocycles. The second-order valence-electron chi connectivity index (χ2n) is 8.04. The Morgan fingerprint density at radius 2 is 1.62 bits per heavy atom. The van der Waals surface area contributed by atoms with Gasteiger partial charge in [-0.3, -0.25) is 0 Å². The Labute approximate surface area is 203 Å². The molecule has 0 bridgehead atoms. The van der Waals surface area contributed by atoms with E-state index in [4.69, 9.17) is 11.6 Å². The third kappa shape index (κ3) is 7.58. The summed E-state index contributed by atoms with van der Waals surface area (Å²) in [6.07, 6.45) is -0.411. The Morgan fingerprint density at radius 1 is 0.941 bits per heavy atom. The van der Waals surface area contributed by atoms with Gasteiger partial charge in [-0.1, -0.05) is 48.9 Å². The fourth-order valence-electron chi connectivity index (χ4n) is 3.61. The fourth-order valence-corrected chi connectivity index (χ4v) is 5.18. The van der Waals surface area contributed by atoms with E-state index >= 15 is 0 Å². The zero-order valence-corrected chi connectivity index (χ0v) is 20.2. The zero-order chi connectivity index (χ0) is 24.7. The quantitative estimate of drug-likeness (QED) is 0.362. The summed E-state index contributed by atoms with van der Waals surface area (Å²) >= 11 is 5.93. The minimum atomic E-state index is -4.06. The van der Waals surface area contributed by atoms with E-state index in [-0.39, 0.29) is 28.4 Å².